The van der Waals surface area contributed by atoms with Gasteiger partial charge >= 0.3 is 0 Å². The van der Waals surface area contributed by atoms with Crippen molar-refractivity contribution >= 4 is 21.7 Å². The van der Waals surface area contributed by atoms with Crippen LogP contribution in [-0.2, 0) is 11.3 Å². The fourth-order valence-corrected chi connectivity index (χ4v) is 2.50. The summed E-state index contributed by atoms with van der Waals surface area (Å²) in [7, 11) is 0. The van der Waals surface area contributed by atoms with Crippen LogP contribution < -0.4 is 0 Å². The molecule has 0 unspecified atom stereocenters. The Morgan fingerprint density at radius 1 is 1.24 bits per heavy atom. The van der Waals surface area contributed by atoms with Gasteiger partial charge in [0, 0.05) is 15.6 Å². The molecule has 0 amide bonds. The zero-order chi connectivity index (χ0) is 11.8. The highest BCUT2D eigenvalue weighted by Gasteiger charge is 2.21. The summed E-state index contributed by atoms with van der Waals surface area (Å²) in [5.41, 5.74) is 3.32. The van der Waals surface area contributed by atoms with E-state index in [2.05, 4.69) is 22.0 Å². The van der Waals surface area contributed by atoms with Gasteiger partial charge in [-0.15, -0.1) is 0 Å². The molecular formula is C14H10BrFO. The third-order valence-corrected chi connectivity index (χ3v) is 3.43. The molecule has 3 heteroatoms. The minimum Gasteiger partial charge on any atom is -0.488 e. The lowest BCUT2D eigenvalue weighted by Gasteiger charge is -2.08. The SMILES string of the molecule is FC1=CC/C(=C2\OCc3cc(Br)ccc32)C=C1. The molecule has 0 spiro atoms. The molecular weight excluding hydrogens is 283 g/mol. The first-order valence-electron chi connectivity index (χ1n) is 5.42. The average Bonchev–Trinajstić information content (AvgIpc) is 2.73. The molecule has 17 heavy (non-hydrogen) atoms. The number of hydrogen-bond acceptors (Lipinski definition) is 1. The van der Waals surface area contributed by atoms with Crippen molar-refractivity contribution in [1.82, 2.24) is 0 Å². The molecule has 0 bridgehead atoms. The molecule has 2 aliphatic rings. The van der Waals surface area contributed by atoms with E-state index in [1.54, 1.807) is 12.2 Å². The molecule has 1 aromatic carbocycles. The Bertz CT molecular complexity index is 570. The Kier molecular flexibility index (Phi) is 2.63. The predicted octanol–water partition coefficient (Wildman–Crippen LogP) is 4.50. The Hall–Kier alpha value is -1.35. The fraction of sp³-hybridized carbons (Fsp3) is 0.143. The summed E-state index contributed by atoms with van der Waals surface area (Å²) in [4.78, 5) is 0. The number of benzene rings is 1. The standard InChI is InChI=1S/C14H10BrFO/c15-11-3-6-13-10(7-11)8-17-14(13)9-1-4-12(16)5-2-9/h1,3-7H,2,8H2/b14-9-. The molecule has 86 valence electrons. The molecule has 1 aromatic rings. The fourth-order valence-electron chi connectivity index (χ4n) is 2.09. The van der Waals surface area contributed by atoms with Crippen molar-refractivity contribution in [3.8, 4) is 0 Å². The first-order chi connectivity index (χ1) is 8.24. The van der Waals surface area contributed by atoms with E-state index in [-0.39, 0.29) is 5.83 Å². The van der Waals surface area contributed by atoms with Crippen LogP contribution in [0.4, 0.5) is 4.39 Å². The summed E-state index contributed by atoms with van der Waals surface area (Å²) >= 11 is 3.44. The lowest BCUT2D eigenvalue weighted by Crippen LogP contribution is -1.91. The maximum absolute atomic E-state index is 12.9. The molecule has 1 aliphatic carbocycles. The average molecular weight is 293 g/mol. The number of ether oxygens (including phenoxy) is 1. The van der Waals surface area contributed by atoms with E-state index in [1.807, 2.05) is 12.1 Å². The quantitative estimate of drug-likeness (QED) is 0.684. The smallest absolute Gasteiger partial charge is 0.130 e. The number of fused-ring (bicyclic) bond motifs is 1. The van der Waals surface area contributed by atoms with Crippen LogP contribution in [0.1, 0.15) is 17.5 Å². The van der Waals surface area contributed by atoms with E-state index in [9.17, 15) is 4.39 Å². The van der Waals surface area contributed by atoms with Gasteiger partial charge in [-0.05, 0) is 42.3 Å². The van der Waals surface area contributed by atoms with E-state index in [1.165, 1.54) is 11.6 Å². The van der Waals surface area contributed by atoms with Gasteiger partial charge in [0.05, 0.1) is 0 Å². The van der Waals surface area contributed by atoms with E-state index in [0.29, 0.717) is 13.0 Å². The maximum atomic E-state index is 12.9. The minimum atomic E-state index is -0.177. The van der Waals surface area contributed by atoms with Gasteiger partial charge in [-0.25, -0.2) is 4.39 Å². The summed E-state index contributed by atoms with van der Waals surface area (Å²) in [5.74, 6) is 0.705. The molecule has 1 aliphatic heterocycles. The zero-order valence-electron chi connectivity index (χ0n) is 9.04. The molecule has 0 fully saturated rings. The highest BCUT2D eigenvalue weighted by atomic mass is 79.9. The molecule has 0 saturated carbocycles. The Morgan fingerprint density at radius 2 is 2.12 bits per heavy atom. The Balaban J connectivity index is 2.05. The van der Waals surface area contributed by atoms with Crippen molar-refractivity contribution in [2.24, 2.45) is 0 Å². The largest absolute Gasteiger partial charge is 0.488 e. The molecule has 0 radical (unpaired) electrons. The topological polar surface area (TPSA) is 9.23 Å². The third-order valence-electron chi connectivity index (χ3n) is 2.94. The lowest BCUT2D eigenvalue weighted by atomic mass is 10.0. The van der Waals surface area contributed by atoms with Gasteiger partial charge in [-0.2, -0.15) is 0 Å². The van der Waals surface area contributed by atoms with E-state index < -0.39 is 0 Å². The zero-order valence-corrected chi connectivity index (χ0v) is 10.6. The van der Waals surface area contributed by atoms with Crippen molar-refractivity contribution in [2.75, 3.05) is 0 Å². The first-order valence-corrected chi connectivity index (χ1v) is 6.22. The van der Waals surface area contributed by atoms with Crippen LogP contribution in [0.2, 0.25) is 0 Å². The molecule has 0 saturated heterocycles. The van der Waals surface area contributed by atoms with Gasteiger partial charge in [0.2, 0.25) is 0 Å². The highest BCUT2D eigenvalue weighted by Crippen LogP contribution is 2.36. The van der Waals surface area contributed by atoms with E-state index >= 15 is 0 Å². The third kappa shape index (κ3) is 1.95. The molecule has 1 nitrogen and oxygen atoms in total. The number of hydrogen-bond donors (Lipinski definition) is 0. The van der Waals surface area contributed by atoms with Gasteiger partial charge in [-0.1, -0.05) is 22.0 Å². The van der Waals surface area contributed by atoms with Crippen LogP contribution >= 0.6 is 15.9 Å². The number of rotatable bonds is 0. The molecule has 3 rings (SSSR count). The van der Waals surface area contributed by atoms with Crippen molar-refractivity contribution in [3.63, 3.8) is 0 Å². The molecule has 0 aromatic heterocycles. The van der Waals surface area contributed by atoms with Crippen molar-refractivity contribution in [1.29, 1.82) is 0 Å². The second-order valence-corrected chi connectivity index (χ2v) is 4.99. The van der Waals surface area contributed by atoms with Gasteiger partial charge < -0.3 is 4.74 Å². The number of allylic oxidation sites excluding steroid dienone is 5. The van der Waals surface area contributed by atoms with Gasteiger partial charge in [0.25, 0.3) is 0 Å². The summed E-state index contributed by atoms with van der Waals surface area (Å²) in [6.07, 6.45) is 5.43. The monoisotopic (exact) mass is 292 g/mol. The molecule has 0 N–H and O–H groups in total. The minimum absolute atomic E-state index is 0.177. The normalized spacial score (nSPS) is 22.1. The van der Waals surface area contributed by atoms with Gasteiger partial charge in [0.15, 0.2) is 0 Å². The van der Waals surface area contributed by atoms with Crippen LogP contribution in [0.15, 0.2) is 52.3 Å². The van der Waals surface area contributed by atoms with Crippen LogP contribution in [0, 0.1) is 0 Å². The predicted molar refractivity (Wildman–Crippen MR) is 68.8 cm³/mol. The van der Waals surface area contributed by atoms with Gasteiger partial charge in [-0.3, -0.25) is 0 Å². The second kappa shape index (κ2) is 4.15. The van der Waals surface area contributed by atoms with Crippen molar-refractivity contribution in [3.05, 3.63) is 63.4 Å². The summed E-state index contributed by atoms with van der Waals surface area (Å²) in [6, 6.07) is 6.10. The van der Waals surface area contributed by atoms with Crippen LogP contribution in [0.5, 0.6) is 0 Å². The highest BCUT2D eigenvalue weighted by molar-refractivity contribution is 9.10. The van der Waals surface area contributed by atoms with E-state index in [4.69, 9.17) is 4.74 Å². The van der Waals surface area contributed by atoms with Crippen LogP contribution in [0.3, 0.4) is 0 Å². The molecule has 1 heterocycles. The van der Waals surface area contributed by atoms with Crippen LogP contribution in [0.25, 0.3) is 5.76 Å². The van der Waals surface area contributed by atoms with E-state index in [0.717, 1.165) is 21.4 Å². The number of halogens is 2. The van der Waals surface area contributed by atoms with Crippen molar-refractivity contribution in [2.45, 2.75) is 13.0 Å². The summed E-state index contributed by atoms with van der Waals surface area (Å²) in [6.45, 7) is 0.591. The van der Waals surface area contributed by atoms with Crippen LogP contribution in [-0.4, -0.2) is 0 Å². The summed E-state index contributed by atoms with van der Waals surface area (Å²) in [5, 5.41) is 0. The Labute approximate surface area is 107 Å². The van der Waals surface area contributed by atoms with Crippen molar-refractivity contribution < 1.29 is 9.13 Å². The lowest BCUT2D eigenvalue weighted by molar-refractivity contribution is 0.283. The Morgan fingerprint density at radius 3 is 2.88 bits per heavy atom. The maximum Gasteiger partial charge on any atom is 0.130 e. The second-order valence-electron chi connectivity index (χ2n) is 4.07. The summed E-state index contributed by atoms with van der Waals surface area (Å²) < 4.78 is 19.7. The first kappa shape index (κ1) is 10.8. The van der Waals surface area contributed by atoms with Gasteiger partial charge in [0.1, 0.15) is 18.2 Å². The molecule has 0 atom stereocenters.